The molecule has 202 valence electrons. The highest BCUT2D eigenvalue weighted by Gasteiger charge is 2.21. The maximum Gasteiger partial charge on any atom is 0.323 e. The number of hydrogen-bond donors (Lipinski definition) is 4. The van der Waals surface area contributed by atoms with Crippen molar-refractivity contribution in [3.05, 3.63) is 36.4 Å². The molecule has 1 amide bonds. The summed E-state index contributed by atoms with van der Waals surface area (Å²) >= 11 is 0. The van der Waals surface area contributed by atoms with Crippen molar-refractivity contribution < 1.29 is 44.4 Å². The van der Waals surface area contributed by atoms with Gasteiger partial charge in [-0.1, -0.05) is 0 Å². The third-order valence-corrected chi connectivity index (χ3v) is 5.11. The van der Waals surface area contributed by atoms with Crippen LogP contribution in [0.1, 0.15) is 11.6 Å². The zero-order valence-corrected chi connectivity index (χ0v) is 20.1. The minimum Gasteiger partial charge on any atom is -0.480 e. The number of carboxylic acids is 4. The Morgan fingerprint density at radius 2 is 1.22 bits per heavy atom. The van der Waals surface area contributed by atoms with E-state index in [1.807, 2.05) is 4.90 Å². The molecule has 0 aliphatic rings. The Morgan fingerprint density at radius 1 is 0.757 bits per heavy atom. The van der Waals surface area contributed by atoms with Gasteiger partial charge < -0.3 is 34.5 Å². The average Bonchev–Trinajstić information content (AvgIpc) is 3.39. The highest BCUT2D eigenvalue weighted by Crippen LogP contribution is 2.08. The van der Waals surface area contributed by atoms with Gasteiger partial charge in [0, 0.05) is 37.9 Å². The van der Waals surface area contributed by atoms with Gasteiger partial charge in [0.15, 0.2) is 0 Å². The maximum atomic E-state index is 12.5. The van der Waals surface area contributed by atoms with E-state index in [1.54, 1.807) is 24.0 Å². The quantitative estimate of drug-likeness (QED) is 0.180. The molecule has 37 heavy (non-hydrogen) atoms. The summed E-state index contributed by atoms with van der Waals surface area (Å²) in [5, 5.41) is 35.9. The lowest BCUT2D eigenvalue weighted by Gasteiger charge is -2.21. The van der Waals surface area contributed by atoms with Crippen molar-refractivity contribution >= 4 is 29.8 Å². The first kappa shape index (κ1) is 28.9. The molecule has 0 bridgehead atoms. The van der Waals surface area contributed by atoms with Gasteiger partial charge in [0.25, 0.3) is 0 Å². The number of rotatable bonds is 17. The van der Waals surface area contributed by atoms with Crippen molar-refractivity contribution in [1.29, 1.82) is 0 Å². The first-order valence-corrected chi connectivity index (χ1v) is 11.0. The predicted octanol–water partition coefficient (Wildman–Crippen LogP) is -1.82. The van der Waals surface area contributed by atoms with Gasteiger partial charge in [-0.15, -0.1) is 0 Å². The number of carbonyl (C=O) groups excluding carboxylic acids is 1. The van der Waals surface area contributed by atoms with E-state index in [1.165, 1.54) is 21.9 Å². The molecular formula is C21H29N7O9. The van der Waals surface area contributed by atoms with Crippen LogP contribution in [0.15, 0.2) is 24.8 Å². The molecule has 0 spiro atoms. The van der Waals surface area contributed by atoms with Crippen molar-refractivity contribution in [2.45, 2.75) is 26.2 Å². The summed E-state index contributed by atoms with van der Waals surface area (Å²) in [6, 6.07) is 0. The molecule has 0 fully saturated rings. The molecule has 0 aliphatic heterocycles. The normalized spacial score (nSPS) is 11.1. The predicted molar refractivity (Wildman–Crippen MR) is 123 cm³/mol. The molecule has 0 radical (unpaired) electrons. The Kier molecular flexibility index (Phi) is 10.7. The smallest absolute Gasteiger partial charge is 0.323 e. The Labute approximate surface area is 211 Å². The van der Waals surface area contributed by atoms with E-state index in [0.717, 1.165) is 4.90 Å². The van der Waals surface area contributed by atoms with Gasteiger partial charge in [-0.05, 0) is 7.05 Å². The number of aliphatic carboxylic acids is 4. The molecule has 0 saturated carbocycles. The lowest BCUT2D eigenvalue weighted by atomic mass is 10.4. The number of amides is 1. The van der Waals surface area contributed by atoms with Crippen molar-refractivity contribution in [1.82, 2.24) is 33.8 Å². The summed E-state index contributed by atoms with van der Waals surface area (Å²) in [6.07, 6.45) is 6.26. The summed E-state index contributed by atoms with van der Waals surface area (Å²) in [5.74, 6) is -4.49. The SMILES string of the molecule is CN(Cc1nccn1CCN(CC(=O)O)CC(=O)O)Cc1nccn1CC(=O)N(CC(=O)O)CC(=O)O. The van der Waals surface area contributed by atoms with E-state index in [9.17, 15) is 24.0 Å². The van der Waals surface area contributed by atoms with Gasteiger partial charge in [-0.2, -0.15) is 0 Å². The van der Waals surface area contributed by atoms with E-state index >= 15 is 0 Å². The zero-order valence-electron chi connectivity index (χ0n) is 20.1. The lowest BCUT2D eigenvalue weighted by Crippen LogP contribution is -2.41. The van der Waals surface area contributed by atoms with Crippen LogP contribution in [-0.4, -0.2) is 124 Å². The van der Waals surface area contributed by atoms with Crippen molar-refractivity contribution in [2.75, 3.05) is 39.8 Å². The second-order valence-electron chi connectivity index (χ2n) is 8.22. The van der Waals surface area contributed by atoms with Gasteiger partial charge >= 0.3 is 23.9 Å². The molecule has 0 saturated heterocycles. The number of nitrogens with zero attached hydrogens (tertiary/aromatic N) is 7. The lowest BCUT2D eigenvalue weighted by molar-refractivity contribution is -0.149. The summed E-state index contributed by atoms with van der Waals surface area (Å²) in [7, 11) is 1.78. The number of hydrogen-bond acceptors (Lipinski definition) is 9. The van der Waals surface area contributed by atoms with Crippen LogP contribution in [-0.2, 0) is 50.2 Å². The molecule has 4 N–H and O–H groups in total. The fourth-order valence-corrected chi connectivity index (χ4v) is 3.52. The van der Waals surface area contributed by atoms with E-state index in [4.69, 9.17) is 20.4 Å². The van der Waals surface area contributed by atoms with Gasteiger partial charge in [0.1, 0.15) is 31.3 Å². The maximum absolute atomic E-state index is 12.5. The molecule has 2 heterocycles. The van der Waals surface area contributed by atoms with E-state index in [2.05, 4.69) is 9.97 Å². The summed E-state index contributed by atoms with van der Waals surface area (Å²) in [5.41, 5.74) is 0. The first-order valence-electron chi connectivity index (χ1n) is 11.0. The van der Waals surface area contributed by atoms with Crippen LogP contribution in [0.4, 0.5) is 0 Å². The first-order chi connectivity index (χ1) is 17.4. The van der Waals surface area contributed by atoms with Crippen LogP contribution in [0.3, 0.4) is 0 Å². The molecule has 2 rings (SSSR count). The zero-order chi connectivity index (χ0) is 27.5. The van der Waals surface area contributed by atoms with E-state index in [0.29, 0.717) is 24.7 Å². The Hall–Kier alpha value is -4.31. The number of carboxylic acid groups (broad SMARTS) is 4. The van der Waals surface area contributed by atoms with Crippen LogP contribution in [0.25, 0.3) is 0 Å². The minimum atomic E-state index is -1.33. The molecule has 2 aromatic rings. The van der Waals surface area contributed by atoms with Crippen molar-refractivity contribution in [3.8, 4) is 0 Å². The van der Waals surface area contributed by atoms with Gasteiger partial charge in [-0.25, -0.2) is 9.97 Å². The van der Waals surface area contributed by atoms with Crippen LogP contribution in [0.2, 0.25) is 0 Å². The van der Waals surface area contributed by atoms with Crippen LogP contribution in [0.5, 0.6) is 0 Å². The number of carbonyl (C=O) groups is 5. The van der Waals surface area contributed by atoms with Crippen LogP contribution in [0, 0.1) is 0 Å². The number of aromatic nitrogens is 4. The molecular weight excluding hydrogens is 494 g/mol. The van der Waals surface area contributed by atoms with Gasteiger partial charge in [0.05, 0.1) is 26.2 Å². The van der Waals surface area contributed by atoms with Crippen LogP contribution >= 0.6 is 0 Å². The highest BCUT2D eigenvalue weighted by atomic mass is 16.4. The van der Waals surface area contributed by atoms with E-state index in [-0.39, 0.29) is 19.6 Å². The Morgan fingerprint density at radius 3 is 1.70 bits per heavy atom. The molecule has 0 aliphatic carbocycles. The van der Waals surface area contributed by atoms with Gasteiger partial charge in [0.2, 0.25) is 5.91 Å². The average molecular weight is 524 g/mol. The van der Waals surface area contributed by atoms with Crippen molar-refractivity contribution in [3.63, 3.8) is 0 Å². The van der Waals surface area contributed by atoms with E-state index < -0.39 is 56.0 Å². The topological polar surface area (TPSA) is 212 Å². The highest BCUT2D eigenvalue weighted by molar-refractivity contribution is 5.85. The third-order valence-electron chi connectivity index (χ3n) is 5.11. The summed E-state index contributed by atoms with van der Waals surface area (Å²) in [6.45, 7) is -1.48. The molecule has 16 nitrogen and oxygen atoms in total. The fourth-order valence-electron chi connectivity index (χ4n) is 3.52. The van der Waals surface area contributed by atoms with Crippen LogP contribution < -0.4 is 0 Å². The monoisotopic (exact) mass is 523 g/mol. The molecule has 2 aromatic heterocycles. The fraction of sp³-hybridized carbons (Fsp3) is 0.476. The minimum absolute atomic E-state index is 0.182. The third kappa shape index (κ3) is 10.1. The largest absolute Gasteiger partial charge is 0.480 e. The Bertz CT molecular complexity index is 1080. The Balaban J connectivity index is 2.00. The molecule has 16 heteroatoms. The second kappa shape index (κ2) is 13.7. The van der Waals surface area contributed by atoms with Gasteiger partial charge in [-0.3, -0.25) is 33.8 Å². The summed E-state index contributed by atoms with van der Waals surface area (Å²) in [4.78, 5) is 68.9. The molecule has 0 atom stereocenters. The molecule has 0 unspecified atom stereocenters. The second-order valence-corrected chi connectivity index (χ2v) is 8.22. The standard InChI is InChI=1S/C21H29N7O9/c1-24(8-15-22-2-4-26(15)7-6-25(11-18(30)31)12-19(32)33)9-16-23-3-5-27(16)10-17(29)28(13-20(34)35)14-21(36)37/h2-5H,6-14H2,1H3,(H,30,31)(H,32,33)(H,34,35)(H,36,37). The summed E-state index contributed by atoms with van der Waals surface area (Å²) < 4.78 is 3.27. The molecule has 0 aromatic carbocycles. The van der Waals surface area contributed by atoms with Crippen molar-refractivity contribution in [2.24, 2.45) is 0 Å². The number of imidazole rings is 2.